The fraction of sp³-hybridized carbons (Fsp3) is 0.0833. The second kappa shape index (κ2) is 4.89. The van der Waals surface area contributed by atoms with Gasteiger partial charge in [0.05, 0.1) is 0 Å². The molecule has 0 aliphatic carbocycles. The van der Waals surface area contributed by atoms with Crippen LogP contribution in [0, 0.1) is 5.82 Å². The molecule has 1 aromatic carbocycles. The molecule has 2 N–H and O–H groups in total. The Balaban J connectivity index is 2.28. The number of nitrogens with zero attached hydrogens (tertiary/aromatic N) is 1. The van der Waals surface area contributed by atoms with Gasteiger partial charge < -0.3 is 10.4 Å². The highest BCUT2D eigenvalue weighted by Gasteiger charge is 2.34. The maximum atomic E-state index is 13.4. The summed E-state index contributed by atoms with van der Waals surface area (Å²) in [4.78, 5) is 34.2. The second-order valence-electron chi connectivity index (χ2n) is 3.79. The SMILES string of the molecule is O=C(O)CN1C(=O)N/C(=C/c2ccccc2F)C1=O. The molecular weight excluding hydrogens is 255 g/mol. The first kappa shape index (κ1) is 12.7. The maximum Gasteiger partial charge on any atom is 0.329 e. The smallest absolute Gasteiger partial charge is 0.329 e. The van der Waals surface area contributed by atoms with Gasteiger partial charge in [-0.3, -0.25) is 9.59 Å². The summed E-state index contributed by atoms with van der Waals surface area (Å²) < 4.78 is 13.4. The minimum absolute atomic E-state index is 0.128. The molecule has 2 rings (SSSR count). The predicted molar refractivity (Wildman–Crippen MR) is 62.3 cm³/mol. The lowest BCUT2D eigenvalue weighted by Crippen LogP contribution is -2.35. The van der Waals surface area contributed by atoms with Crippen LogP contribution in [0.5, 0.6) is 0 Å². The lowest BCUT2D eigenvalue weighted by atomic mass is 10.2. The van der Waals surface area contributed by atoms with Gasteiger partial charge in [-0.1, -0.05) is 18.2 Å². The van der Waals surface area contributed by atoms with E-state index in [1.807, 2.05) is 0 Å². The van der Waals surface area contributed by atoms with Crippen molar-refractivity contribution < 1.29 is 23.9 Å². The van der Waals surface area contributed by atoms with Crippen molar-refractivity contribution in [2.45, 2.75) is 0 Å². The first-order valence-electron chi connectivity index (χ1n) is 5.30. The third-order valence-corrected chi connectivity index (χ3v) is 2.46. The average Bonchev–Trinajstić information content (AvgIpc) is 2.60. The maximum absolute atomic E-state index is 13.4. The first-order valence-corrected chi connectivity index (χ1v) is 5.30. The van der Waals surface area contributed by atoms with Crippen molar-refractivity contribution in [1.29, 1.82) is 0 Å². The average molecular weight is 264 g/mol. The van der Waals surface area contributed by atoms with Crippen LogP contribution in [0.2, 0.25) is 0 Å². The Bertz CT molecular complexity index is 597. The zero-order chi connectivity index (χ0) is 14.0. The van der Waals surface area contributed by atoms with Gasteiger partial charge in [-0.2, -0.15) is 0 Å². The summed E-state index contributed by atoms with van der Waals surface area (Å²) in [7, 11) is 0. The van der Waals surface area contributed by atoms with Gasteiger partial charge in [-0.25, -0.2) is 14.1 Å². The van der Waals surface area contributed by atoms with Gasteiger partial charge in [0.2, 0.25) is 0 Å². The number of nitrogens with one attached hydrogen (secondary N) is 1. The number of carbonyl (C=O) groups excluding carboxylic acids is 2. The molecule has 0 atom stereocenters. The van der Waals surface area contributed by atoms with Crippen LogP contribution in [0.1, 0.15) is 5.56 Å². The molecule has 0 unspecified atom stereocenters. The molecule has 1 aliphatic heterocycles. The van der Waals surface area contributed by atoms with E-state index >= 15 is 0 Å². The van der Waals surface area contributed by atoms with Crippen molar-refractivity contribution in [3.8, 4) is 0 Å². The molecule has 3 amide bonds. The number of halogens is 1. The first-order chi connectivity index (χ1) is 8.99. The van der Waals surface area contributed by atoms with Crippen molar-refractivity contribution in [2.75, 3.05) is 6.54 Å². The van der Waals surface area contributed by atoms with Gasteiger partial charge in [0.1, 0.15) is 18.1 Å². The summed E-state index contributed by atoms with van der Waals surface area (Å²) in [6.07, 6.45) is 1.16. The molecule has 1 heterocycles. The van der Waals surface area contributed by atoms with E-state index in [0.29, 0.717) is 4.90 Å². The lowest BCUT2D eigenvalue weighted by Gasteiger charge is -2.06. The molecule has 6 nitrogen and oxygen atoms in total. The number of hydrogen-bond acceptors (Lipinski definition) is 3. The quantitative estimate of drug-likeness (QED) is 0.624. The number of carbonyl (C=O) groups is 3. The normalized spacial score (nSPS) is 16.9. The van der Waals surface area contributed by atoms with Gasteiger partial charge in [0.25, 0.3) is 5.91 Å². The van der Waals surface area contributed by atoms with Crippen LogP contribution in [0.15, 0.2) is 30.0 Å². The molecule has 7 heteroatoms. The summed E-state index contributed by atoms with van der Waals surface area (Å²) >= 11 is 0. The van der Waals surface area contributed by atoms with Crippen LogP contribution < -0.4 is 5.32 Å². The molecule has 0 saturated carbocycles. The summed E-state index contributed by atoms with van der Waals surface area (Å²) in [5.41, 5.74) is -0.0281. The Hall–Kier alpha value is -2.70. The fourth-order valence-corrected chi connectivity index (χ4v) is 1.60. The minimum Gasteiger partial charge on any atom is -0.480 e. The summed E-state index contributed by atoms with van der Waals surface area (Å²) in [6.45, 7) is -0.737. The topological polar surface area (TPSA) is 86.7 Å². The highest BCUT2D eigenvalue weighted by atomic mass is 19.1. The van der Waals surface area contributed by atoms with Crippen LogP contribution in [-0.2, 0) is 9.59 Å². The van der Waals surface area contributed by atoms with E-state index in [9.17, 15) is 18.8 Å². The third kappa shape index (κ3) is 2.59. The molecular formula is C12H9FN2O4. The van der Waals surface area contributed by atoms with Gasteiger partial charge in [-0.05, 0) is 12.1 Å². The minimum atomic E-state index is -1.31. The van der Waals surface area contributed by atoms with Crippen LogP contribution in [0.25, 0.3) is 6.08 Å². The van der Waals surface area contributed by atoms with E-state index < -0.39 is 30.3 Å². The number of urea groups is 1. The van der Waals surface area contributed by atoms with Crippen molar-refractivity contribution in [3.05, 3.63) is 41.3 Å². The van der Waals surface area contributed by atoms with E-state index in [0.717, 1.165) is 6.08 Å². The summed E-state index contributed by atoms with van der Waals surface area (Å²) in [6, 6.07) is 4.87. The zero-order valence-corrected chi connectivity index (χ0v) is 9.59. The highest BCUT2D eigenvalue weighted by Crippen LogP contribution is 2.15. The molecule has 1 aliphatic rings. The van der Waals surface area contributed by atoms with E-state index in [2.05, 4.69) is 5.32 Å². The second-order valence-corrected chi connectivity index (χ2v) is 3.79. The molecule has 98 valence electrons. The monoisotopic (exact) mass is 264 g/mol. The molecule has 0 bridgehead atoms. The number of benzene rings is 1. The van der Waals surface area contributed by atoms with E-state index in [4.69, 9.17) is 5.11 Å². The largest absolute Gasteiger partial charge is 0.480 e. The number of carboxylic acids is 1. The summed E-state index contributed by atoms with van der Waals surface area (Å²) in [5, 5.41) is 10.8. The number of rotatable bonds is 3. The standard InChI is InChI=1S/C12H9FN2O4/c13-8-4-2-1-3-7(8)5-9-11(18)15(6-10(16)17)12(19)14-9/h1-5H,6H2,(H,14,19)(H,16,17)/b9-5+. The van der Waals surface area contributed by atoms with Crippen molar-refractivity contribution >= 4 is 24.0 Å². The van der Waals surface area contributed by atoms with Crippen molar-refractivity contribution in [2.24, 2.45) is 0 Å². The fourth-order valence-electron chi connectivity index (χ4n) is 1.60. The predicted octanol–water partition coefficient (Wildman–Crippen LogP) is 0.803. The molecule has 19 heavy (non-hydrogen) atoms. The van der Waals surface area contributed by atoms with E-state index in [-0.39, 0.29) is 11.3 Å². The Labute approximate surface area is 107 Å². The van der Waals surface area contributed by atoms with Crippen LogP contribution in [0.3, 0.4) is 0 Å². The lowest BCUT2D eigenvalue weighted by molar-refractivity contribution is -0.140. The van der Waals surface area contributed by atoms with Gasteiger partial charge in [0.15, 0.2) is 0 Å². The van der Waals surface area contributed by atoms with Gasteiger partial charge >= 0.3 is 12.0 Å². The van der Waals surface area contributed by atoms with Crippen LogP contribution in [-0.4, -0.2) is 34.5 Å². The zero-order valence-electron chi connectivity index (χ0n) is 9.59. The summed E-state index contributed by atoms with van der Waals surface area (Å²) in [5.74, 6) is -2.65. The number of aliphatic carboxylic acids is 1. The number of imide groups is 1. The van der Waals surface area contributed by atoms with Crippen LogP contribution >= 0.6 is 0 Å². The highest BCUT2D eigenvalue weighted by molar-refractivity contribution is 6.15. The molecule has 0 radical (unpaired) electrons. The van der Waals surface area contributed by atoms with Gasteiger partial charge in [0, 0.05) is 5.56 Å². The Kier molecular flexibility index (Phi) is 3.28. The Morgan fingerprint density at radius 1 is 1.37 bits per heavy atom. The Morgan fingerprint density at radius 3 is 2.68 bits per heavy atom. The van der Waals surface area contributed by atoms with Gasteiger partial charge in [-0.15, -0.1) is 0 Å². The molecule has 1 saturated heterocycles. The van der Waals surface area contributed by atoms with E-state index in [1.165, 1.54) is 18.2 Å². The van der Waals surface area contributed by atoms with Crippen molar-refractivity contribution in [1.82, 2.24) is 10.2 Å². The Morgan fingerprint density at radius 2 is 2.05 bits per heavy atom. The van der Waals surface area contributed by atoms with E-state index in [1.54, 1.807) is 6.07 Å². The number of carboxylic acid groups (broad SMARTS) is 1. The molecule has 0 spiro atoms. The number of hydrogen-bond donors (Lipinski definition) is 2. The third-order valence-electron chi connectivity index (χ3n) is 2.46. The molecule has 0 aromatic heterocycles. The van der Waals surface area contributed by atoms with Crippen molar-refractivity contribution in [3.63, 3.8) is 0 Å². The van der Waals surface area contributed by atoms with Crippen LogP contribution in [0.4, 0.5) is 9.18 Å². The molecule has 1 aromatic rings. The molecule has 1 fully saturated rings. The number of amides is 3.